The number of amides is 1. The van der Waals surface area contributed by atoms with Crippen molar-refractivity contribution in [2.45, 2.75) is 51.2 Å². The monoisotopic (exact) mass is 724 g/mol. The van der Waals surface area contributed by atoms with Gasteiger partial charge < -0.3 is 25.4 Å². The fraction of sp³-hybridized carbons (Fsp3) is 0.357. The number of carboxylic acid groups (broad SMARTS) is 2. The van der Waals surface area contributed by atoms with Crippen LogP contribution in [0, 0.1) is 0 Å². The molecule has 0 radical (unpaired) electrons. The maximum atomic E-state index is 13.4. The molecular weight excluding hydrogens is 698 g/mol. The largest absolute Gasteiger partial charge is 0.490 e. The predicted octanol–water partition coefficient (Wildman–Crippen LogP) is 5.86. The van der Waals surface area contributed by atoms with Crippen LogP contribution in [0.4, 0.5) is 32.2 Å². The first-order chi connectivity index (χ1) is 22.4. The van der Waals surface area contributed by atoms with Crippen molar-refractivity contribution >= 4 is 57.5 Å². The normalized spacial score (nSPS) is 15.4. The maximum absolute atomic E-state index is 13.4. The summed E-state index contributed by atoms with van der Waals surface area (Å²) in [6, 6.07) is 11.4. The molecule has 1 saturated heterocycles. The van der Waals surface area contributed by atoms with Gasteiger partial charge in [-0.15, -0.1) is 11.3 Å². The van der Waals surface area contributed by atoms with E-state index in [0.717, 1.165) is 46.4 Å². The average molecular weight is 725 g/mol. The van der Waals surface area contributed by atoms with Gasteiger partial charge in [0, 0.05) is 37.6 Å². The van der Waals surface area contributed by atoms with Crippen LogP contribution in [-0.4, -0.2) is 84.5 Å². The number of carbonyl (C=O) groups is 3. The van der Waals surface area contributed by atoms with Crippen molar-refractivity contribution < 1.29 is 55.5 Å². The maximum Gasteiger partial charge on any atom is 0.490 e. The fourth-order valence-electron chi connectivity index (χ4n) is 4.41. The van der Waals surface area contributed by atoms with Crippen LogP contribution in [0.15, 0.2) is 47.2 Å². The van der Waals surface area contributed by atoms with Gasteiger partial charge in [-0.2, -0.15) is 26.3 Å². The molecule has 0 spiro atoms. The second kappa shape index (κ2) is 16.1. The lowest BCUT2D eigenvalue weighted by Gasteiger charge is -2.40. The number of nitrogens with two attached hydrogens (primary N) is 1. The summed E-state index contributed by atoms with van der Waals surface area (Å²) in [5.74, 6) is -4.21. The van der Waals surface area contributed by atoms with E-state index in [1.807, 2.05) is 41.3 Å². The first-order valence-corrected chi connectivity index (χ1v) is 14.9. The lowest BCUT2D eigenvalue weighted by molar-refractivity contribution is -0.193. The smallest absolute Gasteiger partial charge is 0.475 e. The van der Waals surface area contributed by atoms with Crippen molar-refractivity contribution in [1.29, 1.82) is 0 Å². The highest BCUT2D eigenvalue weighted by molar-refractivity contribution is 7.19. The van der Waals surface area contributed by atoms with Crippen LogP contribution < -0.4 is 5.73 Å². The summed E-state index contributed by atoms with van der Waals surface area (Å²) in [6.45, 7) is 4.63. The zero-order valence-corrected chi connectivity index (χ0v) is 26.3. The molecule has 48 heavy (non-hydrogen) atoms. The van der Waals surface area contributed by atoms with E-state index in [1.54, 1.807) is 0 Å². The van der Waals surface area contributed by atoms with Crippen LogP contribution in [0.3, 0.4) is 0 Å². The molecule has 4 N–H and O–H groups in total. The Hall–Kier alpha value is -4.49. The van der Waals surface area contributed by atoms with Gasteiger partial charge in [0.2, 0.25) is 5.91 Å². The molecule has 4 aromatic rings. The molecule has 20 heteroatoms. The van der Waals surface area contributed by atoms with E-state index in [1.165, 1.54) is 17.7 Å². The summed E-state index contributed by atoms with van der Waals surface area (Å²) in [5.41, 5.74) is 8.57. The number of nitrogens with zero attached hydrogens (tertiary/aromatic N) is 5. The Morgan fingerprint density at radius 3 is 2.23 bits per heavy atom. The number of halogens is 7. The first kappa shape index (κ1) is 38.0. The van der Waals surface area contributed by atoms with E-state index >= 15 is 0 Å². The van der Waals surface area contributed by atoms with Gasteiger partial charge in [0.05, 0.1) is 26.5 Å². The van der Waals surface area contributed by atoms with Crippen LogP contribution in [0.25, 0.3) is 21.5 Å². The predicted molar refractivity (Wildman–Crippen MR) is 161 cm³/mol. The fourth-order valence-corrected chi connectivity index (χ4v) is 5.40. The number of aromatic nitrogens is 3. The van der Waals surface area contributed by atoms with Gasteiger partial charge in [-0.3, -0.25) is 9.69 Å². The van der Waals surface area contributed by atoms with Gasteiger partial charge in [-0.25, -0.2) is 19.6 Å². The highest BCUT2D eigenvalue weighted by Gasteiger charge is 2.39. The van der Waals surface area contributed by atoms with Crippen LogP contribution in [0.2, 0.25) is 4.34 Å². The zero-order chi connectivity index (χ0) is 35.8. The molecule has 3 aromatic heterocycles. The number of thiophene rings is 1. The number of hydrogen-bond acceptors (Lipinski definition) is 10. The van der Waals surface area contributed by atoms with Gasteiger partial charge >= 0.3 is 24.3 Å². The summed E-state index contributed by atoms with van der Waals surface area (Å²) < 4.78 is 69.7. The minimum atomic E-state index is -5.08. The van der Waals surface area contributed by atoms with Crippen molar-refractivity contribution in [3.8, 4) is 10.6 Å². The molecule has 1 aromatic carbocycles. The van der Waals surface area contributed by atoms with Crippen LogP contribution in [0.5, 0.6) is 0 Å². The lowest BCUT2D eigenvalue weighted by Crippen LogP contribution is -2.56. The molecule has 1 aliphatic rings. The molecule has 4 heterocycles. The molecule has 1 aliphatic heterocycles. The molecule has 1 amide bonds. The number of nitrogen functional groups attached to an aromatic ring is 1. The summed E-state index contributed by atoms with van der Waals surface area (Å²) >= 11 is 7.50. The molecule has 0 aliphatic carbocycles. The Morgan fingerprint density at radius 2 is 1.67 bits per heavy atom. The van der Waals surface area contributed by atoms with E-state index in [9.17, 15) is 31.1 Å². The zero-order valence-electron chi connectivity index (χ0n) is 24.8. The highest BCUT2D eigenvalue weighted by atomic mass is 35.5. The number of fused-ring (bicyclic) bond motifs is 1. The van der Waals surface area contributed by atoms with E-state index in [0.29, 0.717) is 35.5 Å². The SMILES string of the molecule is CCC[C@H]1C(=O)N(Cc2ccc3c(N)ncnc3c2)CCN1Cc1cc(-c2ccc(Cl)s2)on1.O=C(O)C(F)(F)F.O=C(O)C(F)(F)F. The molecule has 0 bridgehead atoms. The third-order valence-corrected chi connectivity index (χ3v) is 7.83. The molecule has 0 unspecified atom stereocenters. The lowest BCUT2D eigenvalue weighted by atomic mass is 10.0. The standard InChI is InChI=1S/C24H25ClN6O2S.2C2HF3O2/c1-2-3-19-24(32)31(12-15-4-5-17-18(10-15)27-14-28-23(17)26)9-8-30(19)13-16-11-20(33-29-16)21-6-7-22(25)34-21;2*3-2(4,5)1(6)7/h4-7,10-11,14,19H,2-3,8-9,12-13H2,1H3,(H2,26,27,28);2*(H,6,7)/t19-;;/m0../s1. The molecule has 1 atom stereocenters. The van der Waals surface area contributed by atoms with Crippen molar-refractivity contribution in [2.24, 2.45) is 0 Å². The van der Waals surface area contributed by atoms with Crippen molar-refractivity contribution in [3.05, 3.63) is 58.3 Å². The van der Waals surface area contributed by atoms with Crippen molar-refractivity contribution in [1.82, 2.24) is 24.9 Å². The highest BCUT2D eigenvalue weighted by Crippen LogP contribution is 2.32. The molecule has 1 fully saturated rings. The van der Waals surface area contributed by atoms with Gasteiger partial charge in [0.1, 0.15) is 12.1 Å². The Labute approximate surface area is 276 Å². The quantitative estimate of drug-likeness (QED) is 0.195. The van der Waals surface area contributed by atoms with Gasteiger partial charge in [0.15, 0.2) is 5.76 Å². The van der Waals surface area contributed by atoms with Crippen molar-refractivity contribution in [2.75, 3.05) is 18.8 Å². The topological polar surface area (TPSA) is 176 Å². The molecular formula is C28H27ClF6N6O6S. The third kappa shape index (κ3) is 10.5. The number of hydrogen-bond donors (Lipinski definition) is 3. The van der Waals surface area contributed by atoms with Gasteiger partial charge in [-0.05, 0) is 36.2 Å². The van der Waals surface area contributed by atoms with E-state index < -0.39 is 24.3 Å². The Bertz CT molecular complexity index is 1710. The number of anilines is 1. The minimum absolute atomic E-state index is 0.143. The second-order valence-electron chi connectivity index (χ2n) is 10.0. The van der Waals surface area contributed by atoms with Crippen LogP contribution in [0.1, 0.15) is 31.0 Å². The first-order valence-electron chi connectivity index (χ1n) is 13.7. The second-order valence-corrected chi connectivity index (χ2v) is 11.8. The van der Waals surface area contributed by atoms with E-state index in [-0.39, 0.29) is 11.9 Å². The number of benzene rings is 1. The molecule has 0 saturated carbocycles. The molecule has 5 rings (SSSR count). The summed E-state index contributed by atoms with van der Waals surface area (Å²) in [6.07, 6.45) is -6.99. The van der Waals surface area contributed by atoms with E-state index in [2.05, 4.69) is 26.9 Å². The number of carbonyl (C=O) groups excluding carboxylic acids is 1. The van der Waals surface area contributed by atoms with Gasteiger partial charge in [-0.1, -0.05) is 36.2 Å². The van der Waals surface area contributed by atoms with Gasteiger partial charge in [0.25, 0.3) is 0 Å². The minimum Gasteiger partial charge on any atom is -0.475 e. The number of alkyl halides is 6. The summed E-state index contributed by atoms with van der Waals surface area (Å²) in [7, 11) is 0. The number of carboxylic acids is 2. The van der Waals surface area contributed by atoms with Crippen molar-refractivity contribution in [3.63, 3.8) is 0 Å². The third-order valence-electron chi connectivity index (χ3n) is 6.59. The van der Waals surface area contributed by atoms with Crippen LogP contribution in [-0.2, 0) is 27.5 Å². The number of piperazine rings is 1. The van der Waals surface area contributed by atoms with Crippen LogP contribution >= 0.6 is 22.9 Å². The Kier molecular flexibility index (Phi) is 12.7. The summed E-state index contributed by atoms with van der Waals surface area (Å²) in [5, 5.41) is 19.3. The number of aliphatic carboxylic acids is 2. The number of rotatable bonds is 7. The summed E-state index contributed by atoms with van der Waals surface area (Å²) in [4.78, 5) is 44.7. The molecule has 12 nitrogen and oxygen atoms in total. The average Bonchev–Trinajstić information content (AvgIpc) is 3.65. The Morgan fingerprint density at radius 1 is 1.02 bits per heavy atom. The Balaban J connectivity index is 0.000000376. The molecule has 260 valence electrons. The van der Waals surface area contributed by atoms with E-state index in [4.69, 9.17) is 41.7 Å².